The molecule has 1 amide bonds. The van der Waals surface area contributed by atoms with Crippen molar-refractivity contribution in [2.24, 2.45) is 0 Å². The number of carbonyl (C=O) groups is 1. The zero-order valence-corrected chi connectivity index (χ0v) is 13.4. The summed E-state index contributed by atoms with van der Waals surface area (Å²) in [6, 6.07) is 11.3. The summed E-state index contributed by atoms with van der Waals surface area (Å²) >= 11 is 0. The summed E-state index contributed by atoms with van der Waals surface area (Å²) in [5.74, 6) is -1.21. The molecule has 0 unspecified atom stereocenters. The van der Waals surface area contributed by atoms with Crippen molar-refractivity contribution in [1.29, 1.82) is 0 Å². The average Bonchev–Trinajstić information content (AvgIpc) is 2.54. The number of hydrogen-bond donors (Lipinski definition) is 2. The maximum atomic E-state index is 13.5. The fraction of sp³-hybridized carbons (Fsp3) is 0.188. The van der Waals surface area contributed by atoms with Gasteiger partial charge in [0.25, 0.3) is 5.91 Å². The van der Waals surface area contributed by atoms with E-state index in [1.54, 1.807) is 6.07 Å². The summed E-state index contributed by atoms with van der Waals surface area (Å²) in [6.45, 7) is 2.22. The number of rotatable bonds is 6. The Hall–Kier alpha value is -2.25. The molecule has 0 fully saturated rings. The first-order valence-corrected chi connectivity index (χ1v) is 8.58. The number of carbonyl (C=O) groups excluding carboxylic acids is 1. The van der Waals surface area contributed by atoms with Crippen LogP contribution in [0.4, 0.5) is 10.1 Å². The topological polar surface area (TPSA) is 75.3 Å². The number of nitrogens with one attached hydrogen (secondary N) is 2. The number of halogens is 1. The SMILES string of the molecule is CCCNS(=O)(=O)c1ccc(NC(=O)c2ccccc2F)cc1. The molecule has 0 aliphatic rings. The Labute approximate surface area is 134 Å². The molecule has 0 bridgehead atoms. The van der Waals surface area contributed by atoms with Gasteiger partial charge in [-0.15, -0.1) is 0 Å². The van der Waals surface area contributed by atoms with Crippen LogP contribution in [0, 0.1) is 5.82 Å². The van der Waals surface area contributed by atoms with Gasteiger partial charge in [0, 0.05) is 12.2 Å². The third-order valence-corrected chi connectivity index (χ3v) is 4.56. The van der Waals surface area contributed by atoms with E-state index in [9.17, 15) is 17.6 Å². The van der Waals surface area contributed by atoms with Gasteiger partial charge in [0.2, 0.25) is 10.0 Å². The molecule has 0 aliphatic carbocycles. The smallest absolute Gasteiger partial charge is 0.258 e. The van der Waals surface area contributed by atoms with E-state index in [1.165, 1.54) is 42.5 Å². The van der Waals surface area contributed by atoms with E-state index < -0.39 is 21.7 Å². The number of amides is 1. The average molecular weight is 336 g/mol. The summed E-state index contributed by atoms with van der Waals surface area (Å²) < 4.78 is 39.9. The fourth-order valence-electron chi connectivity index (χ4n) is 1.88. The van der Waals surface area contributed by atoms with E-state index >= 15 is 0 Å². The number of benzene rings is 2. The Kier molecular flexibility index (Phi) is 5.46. The Bertz CT molecular complexity index is 789. The van der Waals surface area contributed by atoms with Gasteiger partial charge in [-0.2, -0.15) is 0 Å². The molecule has 7 heteroatoms. The second-order valence-electron chi connectivity index (χ2n) is 4.86. The van der Waals surface area contributed by atoms with Gasteiger partial charge in [-0.05, 0) is 42.8 Å². The van der Waals surface area contributed by atoms with E-state index in [4.69, 9.17) is 0 Å². The predicted molar refractivity (Wildman–Crippen MR) is 86.3 cm³/mol. The molecule has 0 heterocycles. The molecule has 0 radical (unpaired) electrons. The second kappa shape index (κ2) is 7.34. The van der Waals surface area contributed by atoms with Gasteiger partial charge in [-0.25, -0.2) is 17.5 Å². The van der Waals surface area contributed by atoms with Crippen LogP contribution in [0.2, 0.25) is 0 Å². The summed E-state index contributed by atoms with van der Waals surface area (Å²) in [5, 5.41) is 2.53. The predicted octanol–water partition coefficient (Wildman–Crippen LogP) is 2.77. The molecule has 122 valence electrons. The molecule has 0 spiro atoms. The zero-order chi connectivity index (χ0) is 16.9. The monoisotopic (exact) mass is 336 g/mol. The highest BCUT2D eigenvalue weighted by atomic mass is 32.2. The van der Waals surface area contributed by atoms with Crippen LogP contribution in [0.3, 0.4) is 0 Å². The lowest BCUT2D eigenvalue weighted by atomic mass is 10.2. The molecule has 2 aromatic carbocycles. The van der Waals surface area contributed by atoms with Crippen LogP contribution in [0.25, 0.3) is 0 Å². The van der Waals surface area contributed by atoms with Crippen LogP contribution in [0.15, 0.2) is 53.4 Å². The molecule has 5 nitrogen and oxygen atoms in total. The minimum absolute atomic E-state index is 0.0752. The highest BCUT2D eigenvalue weighted by Gasteiger charge is 2.14. The molecule has 0 atom stereocenters. The summed E-state index contributed by atoms with van der Waals surface area (Å²) in [7, 11) is -3.55. The lowest BCUT2D eigenvalue weighted by Crippen LogP contribution is -2.24. The van der Waals surface area contributed by atoms with Crippen LogP contribution >= 0.6 is 0 Å². The summed E-state index contributed by atoms with van der Waals surface area (Å²) in [5.41, 5.74) is 0.307. The molecular formula is C16H17FN2O3S. The third-order valence-electron chi connectivity index (χ3n) is 3.08. The molecule has 0 aliphatic heterocycles. The largest absolute Gasteiger partial charge is 0.322 e. The van der Waals surface area contributed by atoms with E-state index in [1.807, 2.05) is 6.92 Å². The highest BCUT2D eigenvalue weighted by Crippen LogP contribution is 2.16. The van der Waals surface area contributed by atoms with Crippen LogP contribution in [-0.2, 0) is 10.0 Å². The Morgan fingerprint density at radius 1 is 1.09 bits per heavy atom. The van der Waals surface area contributed by atoms with Gasteiger partial charge < -0.3 is 5.32 Å². The molecule has 0 saturated heterocycles. The first kappa shape index (κ1) is 17.1. The van der Waals surface area contributed by atoms with Gasteiger partial charge in [0.15, 0.2) is 0 Å². The fourth-order valence-corrected chi connectivity index (χ4v) is 3.01. The Balaban J connectivity index is 2.12. The van der Waals surface area contributed by atoms with Crippen molar-refractivity contribution in [3.8, 4) is 0 Å². The molecule has 0 aromatic heterocycles. The lowest BCUT2D eigenvalue weighted by Gasteiger charge is -2.08. The van der Waals surface area contributed by atoms with Crippen LogP contribution < -0.4 is 10.0 Å². The van der Waals surface area contributed by atoms with Crippen molar-refractivity contribution in [3.05, 3.63) is 59.9 Å². The van der Waals surface area contributed by atoms with Gasteiger partial charge in [0.05, 0.1) is 10.5 Å². The quantitative estimate of drug-likeness (QED) is 0.852. The van der Waals surface area contributed by atoms with Crippen LogP contribution in [0.5, 0.6) is 0 Å². The number of hydrogen-bond acceptors (Lipinski definition) is 3. The van der Waals surface area contributed by atoms with Crippen LogP contribution in [0.1, 0.15) is 23.7 Å². The standard InChI is InChI=1S/C16H17FN2O3S/c1-2-11-18-23(21,22)13-9-7-12(8-10-13)19-16(20)14-5-3-4-6-15(14)17/h3-10,18H,2,11H2,1H3,(H,19,20). The Morgan fingerprint density at radius 3 is 2.35 bits per heavy atom. The highest BCUT2D eigenvalue weighted by molar-refractivity contribution is 7.89. The maximum absolute atomic E-state index is 13.5. The zero-order valence-electron chi connectivity index (χ0n) is 12.5. The number of sulfonamides is 1. The molecule has 0 saturated carbocycles. The van der Waals surface area contributed by atoms with Crippen molar-refractivity contribution < 1.29 is 17.6 Å². The first-order chi connectivity index (χ1) is 10.9. The molecule has 2 aromatic rings. The minimum Gasteiger partial charge on any atom is -0.322 e. The van der Waals surface area contributed by atoms with Gasteiger partial charge in [0.1, 0.15) is 5.82 Å². The van der Waals surface area contributed by atoms with Gasteiger partial charge in [-0.3, -0.25) is 4.79 Å². The molecule has 23 heavy (non-hydrogen) atoms. The van der Waals surface area contributed by atoms with Crippen molar-refractivity contribution in [2.45, 2.75) is 18.2 Å². The molecular weight excluding hydrogens is 319 g/mol. The van der Waals surface area contributed by atoms with Gasteiger partial charge in [-0.1, -0.05) is 19.1 Å². The van der Waals surface area contributed by atoms with Crippen molar-refractivity contribution in [2.75, 3.05) is 11.9 Å². The molecule has 2 N–H and O–H groups in total. The normalized spacial score (nSPS) is 11.2. The maximum Gasteiger partial charge on any atom is 0.258 e. The van der Waals surface area contributed by atoms with Crippen molar-refractivity contribution in [3.63, 3.8) is 0 Å². The molecule has 2 rings (SSSR count). The van der Waals surface area contributed by atoms with E-state index in [2.05, 4.69) is 10.0 Å². The van der Waals surface area contributed by atoms with Crippen molar-refractivity contribution in [1.82, 2.24) is 4.72 Å². The summed E-state index contributed by atoms with van der Waals surface area (Å²) in [4.78, 5) is 12.1. The number of anilines is 1. The lowest BCUT2D eigenvalue weighted by molar-refractivity contribution is 0.102. The third kappa shape index (κ3) is 4.37. The van der Waals surface area contributed by atoms with E-state index in [0.29, 0.717) is 18.7 Å². The van der Waals surface area contributed by atoms with Crippen molar-refractivity contribution >= 4 is 21.6 Å². The van der Waals surface area contributed by atoms with E-state index in [0.717, 1.165) is 0 Å². The van der Waals surface area contributed by atoms with Crippen LogP contribution in [-0.4, -0.2) is 20.9 Å². The second-order valence-corrected chi connectivity index (χ2v) is 6.62. The van der Waals surface area contributed by atoms with Gasteiger partial charge >= 0.3 is 0 Å². The summed E-state index contributed by atoms with van der Waals surface area (Å²) in [6.07, 6.45) is 0.690. The Morgan fingerprint density at radius 2 is 1.74 bits per heavy atom. The first-order valence-electron chi connectivity index (χ1n) is 7.09. The minimum atomic E-state index is -3.55. The van der Waals surface area contributed by atoms with E-state index in [-0.39, 0.29) is 10.5 Å².